The lowest BCUT2D eigenvalue weighted by Crippen LogP contribution is -2.24. The third-order valence-corrected chi connectivity index (χ3v) is 4.11. The van der Waals surface area contributed by atoms with E-state index in [2.05, 4.69) is 67.5 Å². The van der Waals surface area contributed by atoms with Gasteiger partial charge in [0.25, 0.3) is 0 Å². The Morgan fingerprint density at radius 1 is 0.905 bits per heavy atom. The predicted molar refractivity (Wildman–Crippen MR) is 87.6 cm³/mol. The molecule has 0 spiro atoms. The minimum absolute atomic E-state index is 0.273. The van der Waals surface area contributed by atoms with Crippen molar-refractivity contribution in [3.63, 3.8) is 0 Å². The Morgan fingerprint density at radius 3 is 1.95 bits per heavy atom. The highest BCUT2D eigenvalue weighted by atomic mass is 16.5. The lowest BCUT2D eigenvalue weighted by atomic mass is 9.97. The van der Waals surface area contributed by atoms with Crippen LogP contribution in [0.5, 0.6) is 0 Å². The van der Waals surface area contributed by atoms with Gasteiger partial charge >= 0.3 is 0 Å². The molecule has 0 amide bonds. The summed E-state index contributed by atoms with van der Waals surface area (Å²) in [6.45, 7) is 1.77. The summed E-state index contributed by atoms with van der Waals surface area (Å²) in [5.41, 5.74) is 5.54. The third-order valence-electron chi connectivity index (χ3n) is 4.11. The van der Waals surface area contributed by atoms with Crippen LogP contribution in [0.1, 0.15) is 11.1 Å². The molecule has 1 aliphatic carbocycles. The smallest absolute Gasteiger partial charge is 0.0656 e. The third kappa shape index (κ3) is 3.34. The maximum absolute atomic E-state index is 6.15. The minimum atomic E-state index is 0.273. The van der Waals surface area contributed by atoms with Gasteiger partial charge in [0.05, 0.1) is 12.7 Å². The molecule has 0 saturated carbocycles. The van der Waals surface area contributed by atoms with Gasteiger partial charge in [-0.15, -0.1) is 0 Å². The van der Waals surface area contributed by atoms with Gasteiger partial charge in [-0.05, 0) is 49.2 Å². The number of ether oxygens (including phenoxy) is 1. The van der Waals surface area contributed by atoms with Gasteiger partial charge in [-0.2, -0.15) is 0 Å². The van der Waals surface area contributed by atoms with Crippen molar-refractivity contribution in [2.45, 2.75) is 18.9 Å². The zero-order valence-corrected chi connectivity index (χ0v) is 12.9. The van der Waals surface area contributed by atoms with Crippen LogP contribution in [0.4, 0.5) is 0 Å². The Bertz CT molecular complexity index is 559. The van der Waals surface area contributed by atoms with E-state index >= 15 is 0 Å². The number of hydrogen-bond acceptors (Lipinski definition) is 2. The van der Waals surface area contributed by atoms with Gasteiger partial charge in [0.2, 0.25) is 0 Å². The van der Waals surface area contributed by atoms with Crippen molar-refractivity contribution in [3.8, 4) is 11.1 Å². The molecule has 0 saturated heterocycles. The monoisotopic (exact) mass is 281 g/mol. The van der Waals surface area contributed by atoms with Crippen molar-refractivity contribution in [2.24, 2.45) is 0 Å². The van der Waals surface area contributed by atoms with E-state index in [0.29, 0.717) is 0 Å². The van der Waals surface area contributed by atoms with Crippen LogP contribution in [0.2, 0.25) is 0 Å². The molecule has 0 fully saturated rings. The molecule has 2 nitrogen and oxygen atoms in total. The minimum Gasteiger partial charge on any atom is -0.376 e. The molecule has 0 heterocycles. The highest BCUT2D eigenvalue weighted by Crippen LogP contribution is 2.32. The van der Waals surface area contributed by atoms with Crippen LogP contribution in [-0.2, 0) is 17.6 Å². The summed E-state index contributed by atoms with van der Waals surface area (Å²) in [5, 5.41) is 0. The van der Waals surface area contributed by atoms with Gasteiger partial charge in [0.1, 0.15) is 0 Å². The average Bonchev–Trinajstić information content (AvgIpc) is 2.63. The van der Waals surface area contributed by atoms with E-state index in [1.54, 1.807) is 0 Å². The lowest BCUT2D eigenvalue weighted by Gasteiger charge is -2.18. The fraction of sp³-hybridized carbons (Fsp3) is 0.368. The summed E-state index contributed by atoms with van der Waals surface area (Å²) in [5.74, 6) is 0. The average molecular weight is 281 g/mol. The van der Waals surface area contributed by atoms with Crippen LogP contribution >= 0.6 is 0 Å². The summed E-state index contributed by atoms with van der Waals surface area (Å²) in [6, 6.07) is 17.4. The molecule has 21 heavy (non-hydrogen) atoms. The van der Waals surface area contributed by atoms with Crippen molar-refractivity contribution >= 4 is 0 Å². The normalized spacial score (nSPS) is 14.6. The van der Waals surface area contributed by atoms with Crippen LogP contribution in [0.25, 0.3) is 11.1 Å². The second-order valence-corrected chi connectivity index (χ2v) is 6.02. The van der Waals surface area contributed by atoms with Crippen LogP contribution < -0.4 is 0 Å². The van der Waals surface area contributed by atoms with Crippen molar-refractivity contribution in [2.75, 3.05) is 27.2 Å². The molecule has 2 aromatic rings. The van der Waals surface area contributed by atoms with E-state index in [0.717, 1.165) is 26.0 Å². The largest absolute Gasteiger partial charge is 0.376 e. The first-order valence-corrected chi connectivity index (χ1v) is 7.66. The Morgan fingerprint density at radius 2 is 1.43 bits per heavy atom. The number of rotatable bonds is 4. The number of likely N-dealkylation sites (N-methyl/N-ethyl adjacent to an activating group) is 1. The SMILES string of the molecule is CN(C)CCOC1Cc2ccccc2-c2ccccc2C1. The Hall–Kier alpha value is -1.64. The van der Waals surface area contributed by atoms with Gasteiger partial charge in [0, 0.05) is 6.54 Å². The molecule has 0 N–H and O–H groups in total. The van der Waals surface area contributed by atoms with E-state index in [9.17, 15) is 0 Å². The second-order valence-electron chi connectivity index (χ2n) is 6.02. The van der Waals surface area contributed by atoms with E-state index in [4.69, 9.17) is 4.74 Å². The highest BCUT2D eigenvalue weighted by molar-refractivity contribution is 5.71. The molecule has 2 heteroatoms. The summed E-state index contributed by atoms with van der Waals surface area (Å²) < 4.78 is 6.15. The van der Waals surface area contributed by atoms with Gasteiger partial charge in [-0.25, -0.2) is 0 Å². The van der Waals surface area contributed by atoms with Crippen LogP contribution in [0, 0.1) is 0 Å². The second kappa shape index (κ2) is 6.42. The lowest BCUT2D eigenvalue weighted by molar-refractivity contribution is 0.0454. The van der Waals surface area contributed by atoms with Gasteiger partial charge in [-0.1, -0.05) is 48.5 Å². The topological polar surface area (TPSA) is 12.5 Å². The van der Waals surface area contributed by atoms with Crippen LogP contribution in [-0.4, -0.2) is 38.3 Å². The van der Waals surface area contributed by atoms with Crippen molar-refractivity contribution < 1.29 is 4.74 Å². The fourth-order valence-corrected chi connectivity index (χ4v) is 3.00. The van der Waals surface area contributed by atoms with Gasteiger partial charge in [0.15, 0.2) is 0 Å². The van der Waals surface area contributed by atoms with Gasteiger partial charge < -0.3 is 9.64 Å². The van der Waals surface area contributed by atoms with E-state index in [1.165, 1.54) is 22.3 Å². The molecule has 2 aromatic carbocycles. The molecule has 1 aliphatic rings. The van der Waals surface area contributed by atoms with Crippen molar-refractivity contribution in [3.05, 3.63) is 59.7 Å². The maximum Gasteiger partial charge on any atom is 0.0656 e. The molecular weight excluding hydrogens is 258 g/mol. The Labute approximate surface area is 127 Å². The summed E-state index contributed by atoms with van der Waals surface area (Å²) >= 11 is 0. The number of benzene rings is 2. The molecule has 0 atom stereocenters. The molecular formula is C19H23NO. The van der Waals surface area contributed by atoms with Gasteiger partial charge in [-0.3, -0.25) is 0 Å². The first-order chi connectivity index (χ1) is 10.2. The van der Waals surface area contributed by atoms with E-state index < -0.39 is 0 Å². The first kappa shape index (κ1) is 14.3. The Balaban J connectivity index is 1.86. The molecule has 3 rings (SSSR count). The molecule has 0 radical (unpaired) electrons. The quantitative estimate of drug-likeness (QED) is 0.851. The molecule has 0 aliphatic heterocycles. The molecule has 0 aromatic heterocycles. The Kier molecular flexibility index (Phi) is 4.37. The summed E-state index contributed by atoms with van der Waals surface area (Å²) in [7, 11) is 4.17. The van der Waals surface area contributed by atoms with Crippen molar-refractivity contribution in [1.82, 2.24) is 4.90 Å². The molecule has 110 valence electrons. The zero-order chi connectivity index (χ0) is 14.7. The standard InChI is InChI=1S/C19H23NO/c1-20(2)11-12-21-17-13-15-7-3-5-9-18(15)19-10-6-4-8-16(19)14-17/h3-10,17H,11-14H2,1-2H3. The molecule has 0 unspecified atom stereocenters. The summed E-state index contributed by atoms with van der Waals surface area (Å²) in [6.07, 6.45) is 2.27. The number of fused-ring (bicyclic) bond motifs is 3. The first-order valence-electron chi connectivity index (χ1n) is 7.66. The van der Waals surface area contributed by atoms with Crippen LogP contribution in [0.15, 0.2) is 48.5 Å². The highest BCUT2D eigenvalue weighted by Gasteiger charge is 2.20. The summed E-state index contributed by atoms with van der Waals surface area (Å²) in [4.78, 5) is 2.17. The zero-order valence-electron chi connectivity index (χ0n) is 12.9. The van der Waals surface area contributed by atoms with Crippen molar-refractivity contribution in [1.29, 1.82) is 0 Å². The fourth-order valence-electron chi connectivity index (χ4n) is 3.00. The molecule has 0 bridgehead atoms. The van der Waals surface area contributed by atoms with E-state index in [1.807, 2.05) is 0 Å². The maximum atomic E-state index is 6.15. The predicted octanol–water partition coefficient (Wildman–Crippen LogP) is 3.40. The van der Waals surface area contributed by atoms with Crippen LogP contribution in [0.3, 0.4) is 0 Å². The number of hydrogen-bond donors (Lipinski definition) is 0. The number of nitrogens with zero attached hydrogens (tertiary/aromatic N) is 1. The van der Waals surface area contributed by atoms with E-state index in [-0.39, 0.29) is 6.10 Å².